The third kappa shape index (κ3) is 6.28. The molecule has 39 heavy (non-hydrogen) atoms. The van der Waals surface area contributed by atoms with Crippen molar-refractivity contribution in [3.05, 3.63) is 48.3 Å². The largest absolute Gasteiger partial charge is 0.497 e. The normalized spacial score (nSPS) is 14.7. The summed E-state index contributed by atoms with van der Waals surface area (Å²) in [4.78, 5) is 9.57. The lowest BCUT2D eigenvalue weighted by atomic mass is 10.2. The van der Waals surface area contributed by atoms with E-state index in [2.05, 4.69) is 14.7 Å². The van der Waals surface area contributed by atoms with Gasteiger partial charge in [-0.1, -0.05) is 16.9 Å². The van der Waals surface area contributed by atoms with Gasteiger partial charge in [0.15, 0.2) is 11.0 Å². The van der Waals surface area contributed by atoms with E-state index in [9.17, 15) is 8.42 Å². The van der Waals surface area contributed by atoms with Crippen LogP contribution >= 0.6 is 11.8 Å². The number of sulfonamides is 1. The minimum atomic E-state index is -3.63. The maximum Gasteiger partial charge on any atom is 0.257 e. The number of benzene rings is 2. The Bertz CT molecular complexity index is 1500. The summed E-state index contributed by atoms with van der Waals surface area (Å²) in [5.74, 6) is 2.15. The smallest absolute Gasteiger partial charge is 0.257 e. The molecule has 0 aliphatic carbocycles. The van der Waals surface area contributed by atoms with E-state index in [-0.39, 0.29) is 4.90 Å². The van der Waals surface area contributed by atoms with Crippen molar-refractivity contribution in [1.82, 2.24) is 24.0 Å². The quantitative estimate of drug-likeness (QED) is 0.183. The molecule has 4 aromatic rings. The second kappa shape index (κ2) is 12.5. The van der Waals surface area contributed by atoms with Crippen molar-refractivity contribution in [3.63, 3.8) is 0 Å². The molecule has 0 unspecified atom stereocenters. The molecule has 1 saturated heterocycles. The summed E-state index contributed by atoms with van der Waals surface area (Å²) < 4.78 is 51.5. The monoisotopic (exact) mass is 573 g/mol. The molecule has 5 rings (SSSR count). The van der Waals surface area contributed by atoms with Crippen LogP contribution in [0.15, 0.2) is 57.0 Å². The molecule has 0 bridgehead atoms. The molecular formula is C26H31N5O6S2. The molecule has 1 aliphatic rings. The van der Waals surface area contributed by atoms with Crippen molar-refractivity contribution >= 4 is 32.8 Å². The van der Waals surface area contributed by atoms with Crippen molar-refractivity contribution in [2.75, 3.05) is 46.6 Å². The number of thioether (sulfide) groups is 1. The van der Waals surface area contributed by atoms with Gasteiger partial charge in [0.1, 0.15) is 5.75 Å². The zero-order valence-electron chi connectivity index (χ0n) is 21.9. The van der Waals surface area contributed by atoms with Gasteiger partial charge in [0.05, 0.1) is 42.0 Å². The van der Waals surface area contributed by atoms with Crippen LogP contribution in [0, 0.1) is 0 Å². The number of hydrogen-bond acceptors (Lipinski definition) is 10. The topological polar surface area (TPSA) is 122 Å². The van der Waals surface area contributed by atoms with Gasteiger partial charge < -0.3 is 23.3 Å². The van der Waals surface area contributed by atoms with E-state index in [1.54, 1.807) is 19.2 Å². The summed E-state index contributed by atoms with van der Waals surface area (Å²) in [5.41, 5.74) is 2.29. The van der Waals surface area contributed by atoms with Gasteiger partial charge in [-0.3, -0.25) is 0 Å². The Hall–Kier alpha value is -2.97. The van der Waals surface area contributed by atoms with Gasteiger partial charge in [0.25, 0.3) is 5.89 Å². The standard InChI is InChI=1S/C26H31N5O6S2/c1-3-35-14-4-11-31-23-10-9-21(39(32,33)30-12-15-36-16-13-30)17-22(23)27-26(31)38-18-24-28-25(37-29-24)19-5-7-20(34-2)8-6-19/h5-10,17H,3-4,11-16,18H2,1-2H3. The molecule has 0 N–H and O–H groups in total. The number of methoxy groups -OCH3 is 1. The predicted molar refractivity (Wildman–Crippen MR) is 146 cm³/mol. The molecule has 0 amide bonds. The predicted octanol–water partition coefficient (Wildman–Crippen LogP) is 3.83. The Balaban J connectivity index is 1.37. The van der Waals surface area contributed by atoms with Crippen LogP contribution in [-0.4, -0.2) is 79.0 Å². The Labute approximate surface area is 231 Å². The van der Waals surface area contributed by atoms with Crippen LogP contribution in [0.25, 0.3) is 22.5 Å². The van der Waals surface area contributed by atoms with E-state index in [0.29, 0.717) is 69.0 Å². The van der Waals surface area contributed by atoms with Crippen LogP contribution in [-0.2, 0) is 31.8 Å². The Morgan fingerprint density at radius 1 is 1.08 bits per heavy atom. The third-order valence-electron chi connectivity index (χ3n) is 6.30. The number of aryl methyl sites for hydroxylation is 1. The summed E-state index contributed by atoms with van der Waals surface area (Å²) in [5, 5.41) is 4.88. The molecule has 208 valence electrons. The number of nitrogens with zero attached hydrogens (tertiary/aromatic N) is 5. The van der Waals surface area contributed by atoms with Crippen molar-refractivity contribution in [2.24, 2.45) is 0 Å². The van der Waals surface area contributed by atoms with Crippen LogP contribution in [0.2, 0.25) is 0 Å². The SMILES string of the molecule is CCOCCCn1c(SCc2noc(-c3ccc(OC)cc3)n2)nc2cc(S(=O)(=O)N3CCOCC3)ccc21. The molecule has 13 heteroatoms. The highest BCUT2D eigenvalue weighted by molar-refractivity contribution is 7.98. The molecule has 2 aromatic heterocycles. The van der Waals surface area contributed by atoms with Crippen LogP contribution in [0.4, 0.5) is 0 Å². The fraction of sp³-hybridized carbons (Fsp3) is 0.423. The van der Waals surface area contributed by atoms with Gasteiger partial charge in [-0.15, -0.1) is 0 Å². The van der Waals surface area contributed by atoms with Gasteiger partial charge in [-0.2, -0.15) is 9.29 Å². The van der Waals surface area contributed by atoms with Crippen LogP contribution < -0.4 is 4.74 Å². The lowest BCUT2D eigenvalue weighted by Crippen LogP contribution is -2.40. The number of ether oxygens (including phenoxy) is 3. The van der Waals surface area contributed by atoms with Crippen LogP contribution in [0.3, 0.4) is 0 Å². The van der Waals surface area contributed by atoms with Crippen molar-refractivity contribution < 1.29 is 27.2 Å². The highest BCUT2D eigenvalue weighted by Crippen LogP contribution is 2.30. The Kier molecular flexibility index (Phi) is 8.82. The first kappa shape index (κ1) is 27.6. The van der Waals surface area contributed by atoms with Gasteiger partial charge in [0.2, 0.25) is 10.0 Å². The van der Waals surface area contributed by atoms with E-state index in [1.165, 1.54) is 16.1 Å². The molecule has 11 nitrogen and oxygen atoms in total. The van der Waals surface area contributed by atoms with Gasteiger partial charge in [0, 0.05) is 38.4 Å². The molecular weight excluding hydrogens is 542 g/mol. The first-order chi connectivity index (χ1) is 19.0. The Morgan fingerprint density at radius 3 is 2.62 bits per heavy atom. The summed E-state index contributed by atoms with van der Waals surface area (Å²) in [6, 6.07) is 12.5. The molecule has 1 fully saturated rings. The number of fused-ring (bicyclic) bond motifs is 1. The minimum absolute atomic E-state index is 0.231. The molecule has 3 heterocycles. The first-order valence-corrected chi connectivity index (χ1v) is 15.2. The van der Waals surface area contributed by atoms with Gasteiger partial charge >= 0.3 is 0 Å². The molecule has 2 aromatic carbocycles. The fourth-order valence-electron chi connectivity index (χ4n) is 4.27. The van der Waals surface area contributed by atoms with E-state index < -0.39 is 10.0 Å². The minimum Gasteiger partial charge on any atom is -0.497 e. The molecule has 1 aliphatic heterocycles. The highest BCUT2D eigenvalue weighted by atomic mass is 32.2. The molecule has 0 radical (unpaired) electrons. The van der Waals surface area contributed by atoms with Crippen molar-refractivity contribution in [3.8, 4) is 17.2 Å². The zero-order chi connectivity index (χ0) is 27.2. The maximum atomic E-state index is 13.2. The summed E-state index contributed by atoms with van der Waals surface area (Å²) in [6.45, 7) is 5.41. The van der Waals surface area contributed by atoms with Crippen LogP contribution in [0.1, 0.15) is 19.2 Å². The maximum absolute atomic E-state index is 13.2. The Morgan fingerprint density at radius 2 is 1.87 bits per heavy atom. The average molecular weight is 574 g/mol. The van der Waals surface area contributed by atoms with E-state index in [4.69, 9.17) is 23.7 Å². The van der Waals surface area contributed by atoms with E-state index in [1.807, 2.05) is 37.3 Å². The van der Waals surface area contributed by atoms with E-state index >= 15 is 0 Å². The third-order valence-corrected chi connectivity index (χ3v) is 9.17. The number of imidazole rings is 1. The molecule has 0 atom stereocenters. The number of rotatable bonds is 12. The van der Waals surface area contributed by atoms with Crippen molar-refractivity contribution in [1.29, 1.82) is 0 Å². The lowest BCUT2D eigenvalue weighted by molar-refractivity contribution is 0.0730. The first-order valence-electron chi connectivity index (χ1n) is 12.8. The van der Waals surface area contributed by atoms with E-state index in [0.717, 1.165) is 28.4 Å². The van der Waals surface area contributed by atoms with Crippen LogP contribution in [0.5, 0.6) is 5.75 Å². The second-order valence-corrected chi connectivity index (χ2v) is 11.7. The van der Waals surface area contributed by atoms with Gasteiger partial charge in [-0.05, 0) is 55.8 Å². The number of aromatic nitrogens is 4. The van der Waals surface area contributed by atoms with Crippen molar-refractivity contribution in [2.45, 2.75) is 35.7 Å². The fourth-order valence-corrected chi connectivity index (χ4v) is 6.58. The average Bonchev–Trinajstić information content (AvgIpc) is 3.59. The summed E-state index contributed by atoms with van der Waals surface area (Å²) in [7, 11) is -2.01. The van der Waals surface area contributed by atoms with Gasteiger partial charge in [-0.25, -0.2) is 13.4 Å². The zero-order valence-corrected chi connectivity index (χ0v) is 23.5. The summed E-state index contributed by atoms with van der Waals surface area (Å²) >= 11 is 1.48. The molecule has 0 saturated carbocycles. The second-order valence-electron chi connectivity index (χ2n) is 8.80. The number of morpholine rings is 1. The lowest BCUT2D eigenvalue weighted by Gasteiger charge is -2.26. The highest BCUT2D eigenvalue weighted by Gasteiger charge is 2.27. The molecule has 0 spiro atoms. The summed E-state index contributed by atoms with van der Waals surface area (Å²) in [6.07, 6.45) is 0.796. The number of hydrogen-bond donors (Lipinski definition) is 0.